The Morgan fingerprint density at radius 2 is 2.00 bits per heavy atom. The highest BCUT2D eigenvalue weighted by atomic mass is 19.3. The van der Waals surface area contributed by atoms with Gasteiger partial charge in [-0.05, 0) is 13.0 Å². The molecule has 1 unspecified atom stereocenters. The van der Waals surface area contributed by atoms with Crippen LogP contribution in [-0.4, -0.2) is 23.9 Å². The number of hydrogen-bond acceptors (Lipinski definition) is 1. The third-order valence-electron chi connectivity index (χ3n) is 2.64. The summed E-state index contributed by atoms with van der Waals surface area (Å²) in [4.78, 5) is 1.74. The van der Waals surface area contributed by atoms with Crippen molar-refractivity contribution in [2.24, 2.45) is 5.41 Å². The molecule has 2 aliphatic rings. The Kier molecular flexibility index (Phi) is 0.994. The second-order valence-corrected chi connectivity index (χ2v) is 3.46. The SMILES string of the molecule is [CH2]N1CCC2(C1)CC2(F)F. The Morgan fingerprint density at radius 3 is 2.20 bits per heavy atom. The van der Waals surface area contributed by atoms with Gasteiger partial charge in [0.15, 0.2) is 0 Å². The van der Waals surface area contributed by atoms with Crippen LogP contribution in [0.1, 0.15) is 12.8 Å². The van der Waals surface area contributed by atoms with E-state index in [9.17, 15) is 8.78 Å². The molecular weight excluding hydrogens is 136 g/mol. The Morgan fingerprint density at radius 1 is 1.40 bits per heavy atom. The smallest absolute Gasteiger partial charge is 0.255 e. The van der Waals surface area contributed by atoms with Crippen molar-refractivity contribution < 1.29 is 8.78 Å². The molecule has 2 rings (SSSR count). The van der Waals surface area contributed by atoms with Gasteiger partial charge in [-0.1, -0.05) is 0 Å². The molecule has 1 spiro atoms. The lowest BCUT2D eigenvalue weighted by atomic mass is 10.1. The van der Waals surface area contributed by atoms with E-state index in [2.05, 4.69) is 7.05 Å². The summed E-state index contributed by atoms with van der Waals surface area (Å²) < 4.78 is 25.2. The van der Waals surface area contributed by atoms with Crippen LogP contribution in [0.25, 0.3) is 0 Å². The van der Waals surface area contributed by atoms with Gasteiger partial charge in [-0.15, -0.1) is 0 Å². The molecule has 1 aliphatic carbocycles. The number of hydrogen-bond donors (Lipinski definition) is 0. The maximum absolute atomic E-state index is 12.6. The molecular formula is C7H10F2N. The van der Waals surface area contributed by atoms with Gasteiger partial charge in [-0.25, -0.2) is 8.78 Å². The number of likely N-dealkylation sites (tertiary alicyclic amines) is 1. The third-order valence-corrected chi connectivity index (χ3v) is 2.64. The Hall–Kier alpha value is -0.180. The molecule has 1 aliphatic heterocycles. The highest BCUT2D eigenvalue weighted by Crippen LogP contribution is 2.64. The van der Waals surface area contributed by atoms with Crippen LogP contribution < -0.4 is 0 Å². The number of nitrogens with zero attached hydrogens (tertiary/aromatic N) is 1. The highest BCUT2D eigenvalue weighted by Gasteiger charge is 2.72. The molecule has 0 aromatic heterocycles. The highest BCUT2D eigenvalue weighted by molar-refractivity contribution is 5.14. The molecule has 0 aromatic rings. The van der Waals surface area contributed by atoms with Crippen molar-refractivity contribution in [1.82, 2.24) is 4.90 Å². The van der Waals surface area contributed by atoms with E-state index in [1.54, 1.807) is 4.90 Å². The summed E-state index contributed by atoms with van der Waals surface area (Å²) in [6.07, 6.45) is 0.718. The van der Waals surface area contributed by atoms with E-state index in [0.29, 0.717) is 13.0 Å². The average Bonchev–Trinajstić information content (AvgIpc) is 2.20. The molecule has 0 N–H and O–H groups in total. The monoisotopic (exact) mass is 146 g/mol. The van der Waals surface area contributed by atoms with Gasteiger partial charge in [0.05, 0.1) is 5.41 Å². The molecule has 0 bridgehead atoms. The van der Waals surface area contributed by atoms with E-state index < -0.39 is 11.3 Å². The van der Waals surface area contributed by atoms with E-state index in [4.69, 9.17) is 0 Å². The first-order valence-electron chi connectivity index (χ1n) is 3.49. The van der Waals surface area contributed by atoms with Gasteiger partial charge in [0, 0.05) is 20.0 Å². The topological polar surface area (TPSA) is 3.24 Å². The van der Waals surface area contributed by atoms with E-state index >= 15 is 0 Å². The molecule has 57 valence electrons. The minimum absolute atomic E-state index is 0.0893. The van der Waals surface area contributed by atoms with Gasteiger partial charge < -0.3 is 4.90 Å². The fourth-order valence-corrected chi connectivity index (χ4v) is 1.78. The van der Waals surface area contributed by atoms with Crippen LogP contribution in [0, 0.1) is 12.5 Å². The first-order valence-corrected chi connectivity index (χ1v) is 3.49. The Labute approximate surface area is 59.0 Å². The summed E-state index contributed by atoms with van der Waals surface area (Å²) in [5.74, 6) is -2.38. The van der Waals surface area contributed by atoms with Crippen LogP contribution >= 0.6 is 0 Å². The predicted molar refractivity (Wildman–Crippen MR) is 33.5 cm³/mol. The normalized spacial score (nSPS) is 44.7. The minimum atomic E-state index is -2.38. The van der Waals surface area contributed by atoms with Crippen molar-refractivity contribution in [2.75, 3.05) is 13.1 Å². The van der Waals surface area contributed by atoms with Crippen molar-refractivity contribution in [3.05, 3.63) is 7.05 Å². The summed E-state index contributed by atoms with van der Waals surface area (Å²) >= 11 is 0. The van der Waals surface area contributed by atoms with Gasteiger partial charge in [0.1, 0.15) is 0 Å². The predicted octanol–water partition coefficient (Wildman–Crippen LogP) is 1.51. The van der Waals surface area contributed by atoms with Crippen LogP contribution in [0.4, 0.5) is 8.78 Å². The van der Waals surface area contributed by atoms with E-state index in [0.717, 1.165) is 6.54 Å². The molecule has 1 saturated carbocycles. The summed E-state index contributed by atoms with van der Waals surface area (Å²) in [5.41, 5.74) is -0.658. The fourth-order valence-electron chi connectivity index (χ4n) is 1.78. The van der Waals surface area contributed by atoms with Crippen molar-refractivity contribution in [2.45, 2.75) is 18.8 Å². The second kappa shape index (κ2) is 1.52. The zero-order valence-corrected chi connectivity index (χ0v) is 5.74. The average molecular weight is 146 g/mol. The lowest BCUT2D eigenvalue weighted by Crippen LogP contribution is -2.16. The fraction of sp³-hybridized carbons (Fsp3) is 0.857. The van der Waals surface area contributed by atoms with Gasteiger partial charge in [0.2, 0.25) is 0 Å². The van der Waals surface area contributed by atoms with Gasteiger partial charge in [-0.2, -0.15) is 0 Å². The second-order valence-electron chi connectivity index (χ2n) is 3.46. The number of rotatable bonds is 0. The molecule has 0 amide bonds. The molecule has 1 heterocycles. The summed E-state index contributed by atoms with van der Waals surface area (Å²) in [5, 5.41) is 0. The van der Waals surface area contributed by atoms with Crippen LogP contribution in [0.15, 0.2) is 0 Å². The maximum Gasteiger partial charge on any atom is 0.255 e. The van der Waals surface area contributed by atoms with Crippen LogP contribution in [0.3, 0.4) is 0 Å². The molecule has 3 heteroatoms. The molecule has 1 saturated heterocycles. The first kappa shape index (κ1) is 6.53. The van der Waals surface area contributed by atoms with Crippen LogP contribution in [0.2, 0.25) is 0 Å². The third kappa shape index (κ3) is 0.641. The maximum atomic E-state index is 12.6. The molecule has 2 fully saturated rings. The molecule has 1 nitrogen and oxygen atoms in total. The quantitative estimate of drug-likeness (QED) is 0.500. The lowest BCUT2D eigenvalue weighted by Gasteiger charge is -2.07. The summed E-state index contributed by atoms with van der Waals surface area (Å²) in [6.45, 7) is 1.22. The molecule has 10 heavy (non-hydrogen) atoms. The van der Waals surface area contributed by atoms with E-state index in [1.807, 2.05) is 0 Å². The van der Waals surface area contributed by atoms with Crippen molar-refractivity contribution in [1.29, 1.82) is 0 Å². The van der Waals surface area contributed by atoms with E-state index in [-0.39, 0.29) is 6.42 Å². The van der Waals surface area contributed by atoms with Crippen molar-refractivity contribution in [3.63, 3.8) is 0 Å². The van der Waals surface area contributed by atoms with Crippen molar-refractivity contribution in [3.8, 4) is 0 Å². The first-order chi connectivity index (χ1) is 4.56. The van der Waals surface area contributed by atoms with Crippen LogP contribution in [0.5, 0.6) is 0 Å². The van der Waals surface area contributed by atoms with E-state index in [1.165, 1.54) is 0 Å². The largest absolute Gasteiger partial charge is 0.301 e. The zero-order valence-electron chi connectivity index (χ0n) is 5.74. The minimum Gasteiger partial charge on any atom is -0.301 e. The molecule has 1 radical (unpaired) electrons. The lowest BCUT2D eigenvalue weighted by molar-refractivity contribution is 0.0678. The standard InChI is InChI=1S/C7H10F2N/c1-10-3-2-6(5-10)4-7(6,8)9/h1-5H2. The zero-order chi connectivity index (χ0) is 7.41. The molecule has 1 atom stereocenters. The number of alkyl halides is 2. The van der Waals surface area contributed by atoms with Crippen molar-refractivity contribution >= 4 is 0 Å². The number of halogens is 2. The van der Waals surface area contributed by atoms with Gasteiger partial charge >= 0.3 is 0 Å². The van der Waals surface area contributed by atoms with Gasteiger partial charge in [-0.3, -0.25) is 0 Å². The Balaban J connectivity index is 2.09. The van der Waals surface area contributed by atoms with Gasteiger partial charge in [0.25, 0.3) is 5.92 Å². The summed E-state index contributed by atoms with van der Waals surface area (Å²) in [7, 11) is 3.64. The van der Waals surface area contributed by atoms with Crippen LogP contribution in [-0.2, 0) is 0 Å². The molecule has 0 aromatic carbocycles. The Bertz CT molecular complexity index is 169. The summed E-state index contributed by atoms with van der Waals surface area (Å²) in [6, 6.07) is 0.